The van der Waals surface area contributed by atoms with E-state index in [1.807, 2.05) is 0 Å². The molecule has 1 amide bonds. The highest BCUT2D eigenvalue weighted by atomic mass is 35.5. The molecule has 0 aliphatic carbocycles. The molecule has 0 N–H and O–H groups in total. The summed E-state index contributed by atoms with van der Waals surface area (Å²) in [7, 11) is 0. The number of rotatable bonds is 2. The standard InChI is InChI=1S/C11H13ClN4O3/c1-8(17)14-4-6-15(7-5-14)11-9(16(18)19)2-3-10(12)13-11/h2-3H,4-7H2,1H3. The van der Waals surface area contributed by atoms with E-state index in [9.17, 15) is 14.9 Å². The SMILES string of the molecule is CC(=O)N1CCN(c2nc(Cl)ccc2[N+](=O)[O-])CC1. The van der Waals surface area contributed by atoms with E-state index < -0.39 is 4.92 Å². The Morgan fingerprint density at radius 1 is 1.37 bits per heavy atom. The number of carbonyl (C=O) groups excluding carboxylic acids is 1. The molecule has 0 unspecified atom stereocenters. The number of pyridine rings is 1. The molecule has 7 nitrogen and oxygen atoms in total. The number of hydrogen-bond acceptors (Lipinski definition) is 5. The Hall–Kier alpha value is -1.89. The van der Waals surface area contributed by atoms with Crippen molar-refractivity contribution < 1.29 is 9.72 Å². The molecule has 0 radical (unpaired) electrons. The van der Waals surface area contributed by atoms with E-state index in [4.69, 9.17) is 11.6 Å². The van der Waals surface area contributed by atoms with Crippen LogP contribution in [0.3, 0.4) is 0 Å². The molecule has 8 heteroatoms. The van der Waals surface area contributed by atoms with Crippen LogP contribution in [0.25, 0.3) is 0 Å². The Morgan fingerprint density at radius 3 is 2.53 bits per heavy atom. The van der Waals surface area contributed by atoms with E-state index in [-0.39, 0.29) is 22.6 Å². The second kappa shape index (κ2) is 5.40. The van der Waals surface area contributed by atoms with Crippen molar-refractivity contribution in [2.75, 3.05) is 31.1 Å². The molecule has 0 atom stereocenters. The van der Waals surface area contributed by atoms with Crippen molar-refractivity contribution in [3.05, 3.63) is 27.4 Å². The maximum atomic E-state index is 11.2. The lowest BCUT2D eigenvalue weighted by molar-refractivity contribution is -0.384. The van der Waals surface area contributed by atoms with Crippen LogP contribution in [0, 0.1) is 10.1 Å². The van der Waals surface area contributed by atoms with E-state index in [0.717, 1.165) is 0 Å². The summed E-state index contributed by atoms with van der Waals surface area (Å²) in [5, 5.41) is 11.2. The van der Waals surface area contributed by atoms with E-state index in [2.05, 4.69) is 4.98 Å². The Kier molecular flexibility index (Phi) is 3.84. The van der Waals surface area contributed by atoms with Gasteiger partial charge in [-0.05, 0) is 6.07 Å². The molecule has 1 fully saturated rings. The van der Waals surface area contributed by atoms with Crippen LogP contribution >= 0.6 is 11.6 Å². The van der Waals surface area contributed by atoms with Crippen molar-refractivity contribution in [1.82, 2.24) is 9.88 Å². The van der Waals surface area contributed by atoms with Gasteiger partial charge in [-0.3, -0.25) is 14.9 Å². The van der Waals surface area contributed by atoms with Gasteiger partial charge in [-0.2, -0.15) is 0 Å². The first-order chi connectivity index (χ1) is 8.99. The molecular formula is C11H13ClN4O3. The van der Waals surface area contributed by atoms with Crippen molar-refractivity contribution in [2.45, 2.75) is 6.92 Å². The van der Waals surface area contributed by atoms with E-state index in [1.54, 1.807) is 9.80 Å². The summed E-state index contributed by atoms with van der Waals surface area (Å²) >= 11 is 5.79. The molecule has 1 saturated heterocycles. The quantitative estimate of drug-likeness (QED) is 0.465. The monoisotopic (exact) mass is 284 g/mol. The maximum Gasteiger partial charge on any atom is 0.311 e. The van der Waals surface area contributed by atoms with E-state index in [0.29, 0.717) is 26.2 Å². The topological polar surface area (TPSA) is 79.6 Å². The zero-order chi connectivity index (χ0) is 14.0. The third-order valence-corrected chi connectivity index (χ3v) is 3.25. The zero-order valence-corrected chi connectivity index (χ0v) is 11.1. The number of piperazine rings is 1. The van der Waals surface area contributed by atoms with Gasteiger partial charge in [-0.25, -0.2) is 4.98 Å². The Bertz CT molecular complexity index is 515. The lowest BCUT2D eigenvalue weighted by Crippen LogP contribution is -2.48. The van der Waals surface area contributed by atoms with Crippen molar-refractivity contribution in [3.63, 3.8) is 0 Å². The van der Waals surface area contributed by atoms with Gasteiger partial charge in [-0.1, -0.05) is 11.6 Å². The van der Waals surface area contributed by atoms with Crippen LogP contribution in [0.15, 0.2) is 12.1 Å². The summed E-state index contributed by atoms with van der Waals surface area (Å²) in [6.45, 7) is 3.58. The molecule has 0 aromatic carbocycles. The predicted molar refractivity (Wildman–Crippen MR) is 70.4 cm³/mol. The fourth-order valence-corrected chi connectivity index (χ4v) is 2.17. The summed E-state index contributed by atoms with van der Waals surface area (Å²) in [5.41, 5.74) is -0.0688. The summed E-state index contributed by atoms with van der Waals surface area (Å²) < 4.78 is 0. The van der Waals surface area contributed by atoms with Crippen LogP contribution < -0.4 is 4.90 Å². The number of carbonyl (C=O) groups is 1. The molecule has 1 aliphatic rings. The van der Waals surface area contributed by atoms with Gasteiger partial charge in [0.05, 0.1) is 4.92 Å². The molecule has 19 heavy (non-hydrogen) atoms. The summed E-state index contributed by atoms with van der Waals surface area (Å²) in [6, 6.07) is 2.75. The average molecular weight is 285 g/mol. The normalized spacial score (nSPS) is 15.5. The van der Waals surface area contributed by atoms with Gasteiger partial charge in [0.15, 0.2) is 0 Å². The third kappa shape index (κ3) is 2.93. The lowest BCUT2D eigenvalue weighted by Gasteiger charge is -2.34. The number of anilines is 1. The minimum Gasteiger partial charge on any atom is -0.347 e. The van der Waals surface area contributed by atoms with Crippen LogP contribution in [0.1, 0.15) is 6.92 Å². The van der Waals surface area contributed by atoms with Crippen LogP contribution in [0.5, 0.6) is 0 Å². The molecular weight excluding hydrogens is 272 g/mol. The van der Waals surface area contributed by atoms with E-state index in [1.165, 1.54) is 19.1 Å². The van der Waals surface area contributed by atoms with Crippen molar-refractivity contribution in [2.24, 2.45) is 0 Å². The van der Waals surface area contributed by atoms with Crippen molar-refractivity contribution in [3.8, 4) is 0 Å². The number of hydrogen-bond donors (Lipinski definition) is 0. The average Bonchev–Trinajstić information content (AvgIpc) is 2.38. The second-order valence-corrected chi connectivity index (χ2v) is 4.61. The first-order valence-electron chi connectivity index (χ1n) is 5.80. The largest absolute Gasteiger partial charge is 0.347 e. The molecule has 102 valence electrons. The molecule has 1 aromatic heterocycles. The highest BCUT2D eigenvalue weighted by Crippen LogP contribution is 2.28. The van der Waals surface area contributed by atoms with Crippen LogP contribution in [-0.4, -0.2) is 46.9 Å². The van der Waals surface area contributed by atoms with Crippen LogP contribution in [-0.2, 0) is 4.79 Å². The number of amides is 1. The summed E-state index contributed by atoms with van der Waals surface area (Å²) in [4.78, 5) is 29.3. The number of halogens is 1. The first-order valence-corrected chi connectivity index (χ1v) is 6.18. The smallest absolute Gasteiger partial charge is 0.311 e. The second-order valence-electron chi connectivity index (χ2n) is 4.23. The van der Waals surface area contributed by atoms with Crippen LogP contribution in [0.4, 0.5) is 11.5 Å². The zero-order valence-electron chi connectivity index (χ0n) is 10.4. The van der Waals surface area contributed by atoms with Crippen molar-refractivity contribution >= 4 is 29.0 Å². The first kappa shape index (κ1) is 13.5. The summed E-state index contributed by atoms with van der Waals surface area (Å²) in [5.74, 6) is 0.272. The lowest BCUT2D eigenvalue weighted by atomic mass is 10.3. The molecule has 1 aromatic rings. The van der Waals surface area contributed by atoms with Crippen molar-refractivity contribution in [1.29, 1.82) is 0 Å². The van der Waals surface area contributed by atoms with Gasteiger partial charge in [0.1, 0.15) is 5.15 Å². The highest BCUT2D eigenvalue weighted by molar-refractivity contribution is 6.29. The predicted octanol–water partition coefficient (Wildman–Crippen LogP) is 1.31. The molecule has 0 saturated carbocycles. The number of nitro groups is 1. The molecule has 0 bridgehead atoms. The Labute approximate surface area is 114 Å². The minimum absolute atomic E-state index is 0.00760. The Morgan fingerprint density at radius 2 is 2.00 bits per heavy atom. The molecule has 2 heterocycles. The van der Waals surface area contributed by atoms with E-state index >= 15 is 0 Å². The summed E-state index contributed by atoms with van der Waals surface area (Å²) in [6.07, 6.45) is 0. The molecule has 0 spiro atoms. The van der Waals surface area contributed by atoms with Gasteiger partial charge in [0, 0.05) is 39.2 Å². The fraction of sp³-hybridized carbons (Fsp3) is 0.455. The highest BCUT2D eigenvalue weighted by Gasteiger charge is 2.26. The molecule has 2 rings (SSSR count). The number of nitrogens with zero attached hydrogens (tertiary/aromatic N) is 4. The third-order valence-electron chi connectivity index (χ3n) is 3.04. The van der Waals surface area contributed by atoms with Crippen LogP contribution in [0.2, 0.25) is 5.15 Å². The van der Waals surface area contributed by atoms with Gasteiger partial charge >= 0.3 is 5.69 Å². The van der Waals surface area contributed by atoms with Gasteiger partial charge in [0.25, 0.3) is 0 Å². The minimum atomic E-state index is -0.476. The van der Waals surface area contributed by atoms with Gasteiger partial charge in [-0.15, -0.1) is 0 Å². The molecule has 1 aliphatic heterocycles. The van der Waals surface area contributed by atoms with Gasteiger partial charge < -0.3 is 9.80 Å². The number of aromatic nitrogens is 1. The Balaban J connectivity index is 2.21. The van der Waals surface area contributed by atoms with Gasteiger partial charge in [0.2, 0.25) is 11.7 Å². The maximum absolute atomic E-state index is 11.2. The fourth-order valence-electron chi connectivity index (χ4n) is 2.03.